The van der Waals surface area contributed by atoms with Gasteiger partial charge < -0.3 is 4.90 Å². The van der Waals surface area contributed by atoms with Gasteiger partial charge in [-0.05, 0) is 107 Å². The maximum Gasteiger partial charge on any atom is 0.00982 e. The van der Waals surface area contributed by atoms with Crippen molar-refractivity contribution < 1.29 is 0 Å². The molecule has 1 saturated heterocycles. The molecule has 5 aliphatic rings. The molecule has 138 valence electrons. The molecule has 1 aliphatic heterocycles. The van der Waals surface area contributed by atoms with Gasteiger partial charge in [-0.3, -0.25) is 0 Å². The third kappa shape index (κ3) is 2.05. The molecule has 3 saturated carbocycles. The molecule has 5 rings (SSSR count). The van der Waals surface area contributed by atoms with Crippen molar-refractivity contribution in [3.8, 4) is 0 Å². The number of fused-ring (bicyclic) bond motifs is 4. The molecular formula is C24H37N. The van der Waals surface area contributed by atoms with E-state index in [1.165, 1.54) is 57.9 Å². The lowest BCUT2D eigenvalue weighted by Gasteiger charge is -2.57. The van der Waals surface area contributed by atoms with Crippen LogP contribution < -0.4 is 0 Å². The van der Waals surface area contributed by atoms with E-state index in [1.54, 1.807) is 5.57 Å². The Morgan fingerprint density at radius 1 is 1.12 bits per heavy atom. The van der Waals surface area contributed by atoms with E-state index in [1.807, 2.05) is 5.57 Å². The molecule has 4 fully saturated rings. The summed E-state index contributed by atoms with van der Waals surface area (Å²) in [7, 11) is 2.39. The topological polar surface area (TPSA) is 3.24 Å². The van der Waals surface area contributed by atoms with E-state index in [-0.39, 0.29) is 0 Å². The van der Waals surface area contributed by atoms with Crippen molar-refractivity contribution in [2.75, 3.05) is 13.6 Å². The van der Waals surface area contributed by atoms with Crippen LogP contribution in [0.5, 0.6) is 0 Å². The van der Waals surface area contributed by atoms with Crippen molar-refractivity contribution in [3.63, 3.8) is 0 Å². The maximum absolute atomic E-state index is 2.72. The summed E-state index contributed by atoms with van der Waals surface area (Å²) in [5.41, 5.74) is 4.71. The third-order valence-corrected chi connectivity index (χ3v) is 10.0. The zero-order chi connectivity index (χ0) is 17.4. The monoisotopic (exact) mass is 339 g/mol. The van der Waals surface area contributed by atoms with Crippen LogP contribution in [0.4, 0.5) is 0 Å². The van der Waals surface area contributed by atoms with Gasteiger partial charge in [0.15, 0.2) is 0 Å². The van der Waals surface area contributed by atoms with E-state index in [4.69, 9.17) is 0 Å². The van der Waals surface area contributed by atoms with E-state index in [9.17, 15) is 0 Å². The van der Waals surface area contributed by atoms with Crippen LogP contribution in [-0.4, -0.2) is 24.5 Å². The number of hydrogen-bond donors (Lipinski definition) is 0. The molecular weight excluding hydrogens is 302 g/mol. The molecule has 0 amide bonds. The van der Waals surface area contributed by atoms with E-state index >= 15 is 0 Å². The first-order valence-electron chi connectivity index (χ1n) is 11.0. The van der Waals surface area contributed by atoms with Gasteiger partial charge >= 0.3 is 0 Å². The van der Waals surface area contributed by atoms with E-state index in [0.717, 1.165) is 29.7 Å². The summed E-state index contributed by atoms with van der Waals surface area (Å²) in [6.07, 6.45) is 16.6. The lowest BCUT2D eigenvalue weighted by atomic mass is 9.47. The highest BCUT2D eigenvalue weighted by Gasteiger charge is 2.63. The summed E-state index contributed by atoms with van der Waals surface area (Å²) in [6, 6.07) is 0.818. The molecule has 1 heterocycles. The second-order valence-electron chi connectivity index (χ2n) is 10.5. The highest BCUT2D eigenvalue weighted by Crippen LogP contribution is 2.68. The molecule has 0 unspecified atom stereocenters. The lowest BCUT2D eigenvalue weighted by Crippen LogP contribution is -2.51. The minimum Gasteiger partial charge on any atom is -0.303 e. The summed E-state index contributed by atoms with van der Waals surface area (Å²) in [4.78, 5) is 2.70. The molecule has 0 bridgehead atoms. The Bertz CT molecular complexity index is 630. The SMILES string of the molecule is CC=C1CC[C@@]2(C)C(=CC[C@H]3[C@@H]4CC[C@@H]5[C@H](C)N(C)C[C@@]54CC[C@@H]32)C1. The minimum atomic E-state index is 0.519. The predicted molar refractivity (Wildman–Crippen MR) is 105 cm³/mol. The van der Waals surface area contributed by atoms with Gasteiger partial charge in [-0.25, -0.2) is 0 Å². The minimum absolute atomic E-state index is 0.519. The zero-order valence-corrected chi connectivity index (χ0v) is 16.9. The van der Waals surface area contributed by atoms with Gasteiger partial charge in [0.2, 0.25) is 0 Å². The van der Waals surface area contributed by atoms with Crippen molar-refractivity contribution in [3.05, 3.63) is 23.3 Å². The van der Waals surface area contributed by atoms with Crippen LogP contribution in [0.25, 0.3) is 0 Å². The smallest absolute Gasteiger partial charge is 0.00982 e. The normalized spacial score (nSPS) is 53.8. The molecule has 0 radical (unpaired) electrons. The molecule has 0 N–H and O–H groups in total. The van der Waals surface area contributed by atoms with Crippen molar-refractivity contribution in [1.29, 1.82) is 0 Å². The fraction of sp³-hybridized carbons (Fsp3) is 0.833. The molecule has 7 atom stereocenters. The Hall–Kier alpha value is -0.560. The van der Waals surface area contributed by atoms with Crippen LogP contribution in [0.3, 0.4) is 0 Å². The molecule has 0 aromatic carbocycles. The summed E-state index contributed by atoms with van der Waals surface area (Å²) < 4.78 is 0. The van der Waals surface area contributed by atoms with E-state index in [2.05, 4.69) is 44.9 Å². The average Bonchev–Trinajstić information content (AvgIpc) is 3.09. The second-order valence-corrected chi connectivity index (χ2v) is 10.5. The van der Waals surface area contributed by atoms with Crippen molar-refractivity contribution in [2.45, 2.75) is 78.2 Å². The number of hydrogen-bond acceptors (Lipinski definition) is 1. The fourth-order valence-electron chi connectivity index (χ4n) is 8.58. The van der Waals surface area contributed by atoms with E-state index in [0.29, 0.717) is 10.8 Å². The first-order chi connectivity index (χ1) is 12.0. The van der Waals surface area contributed by atoms with Gasteiger partial charge in [-0.15, -0.1) is 0 Å². The Morgan fingerprint density at radius 2 is 1.92 bits per heavy atom. The molecule has 1 heteroatoms. The summed E-state index contributed by atoms with van der Waals surface area (Å²) in [6.45, 7) is 8.79. The molecule has 4 aliphatic carbocycles. The molecule has 1 nitrogen and oxygen atoms in total. The summed E-state index contributed by atoms with van der Waals surface area (Å²) in [5, 5.41) is 0. The number of rotatable bonds is 0. The Morgan fingerprint density at radius 3 is 2.72 bits per heavy atom. The van der Waals surface area contributed by atoms with Gasteiger partial charge in [0.05, 0.1) is 0 Å². The molecule has 25 heavy (non-hydrogen) atoms. The molecule has 1 spiro atoms. The Kier molecular flexibility index (Phi) is 3.63. The van der Waals surface area contributed by atoms with Crippen LogP contribution in [0.1, 0.15) is 72.1 Å². The van der Waals surface area contributed by atoms with Gasteiger partial charge in [0.1, 0.15) is 0 Å². The van der Waals surface area contributed by atoms with Gasteiger partial charge in [0, 0.05) is 12.6 Å². The van der Waals surface area contributed by atoms with Gasteiger partial charge in [-0.2, -0.15) is 0 Å². The van der Waals surface area contributed by atoms with Crippen molar-refractivity contribution in [1.82, 2.24) is 4.90 Å². The standard InChI is InChI=1S/C24H37N/c1-5-17-10-12-23(3)18(14-17)6-7-19-21(23)11-13-24-15-25(4)16(2)20(24)8-9-22(19)24/h5-6,16,19-22H,7-15H2,1-4H3/t16-,19+,20+,21-,22-,23-,24-/m0/s1. The number of allylic oxidation sites excluding steroid dienone is 4. The first-order valence-corrected chi connectivity index (χ1v) is 11.0. The van der Waals surface area contributed by atoms with Gasteiger partial charge in [-0.1, -0.05) is 30.2 Å². The second kappa shape index (κ2) is 5.47. The van der Waals surface area contributed by atoms with Crippen LogP contribution in [0.2, 0.25) is 0 Å². The van der Waals surface area contributed by atoms with Crippen LogP contribution in [0, 0.1) is 34.5 Å². The number of nitrogens with zero attached hydrogens (tertiary/aromatic N) is 1. The van der Waals surface area contributed by atoms with Gasteiger partial charge in [0.25, 0.3) is 0 Å². The molecule has 0 aromatic heterocycles. The third-order valence-electron chi connectivity index (χ3n) is 10.0. The summed E-state index contributed by atoms with van der Waals surface area (Å²) >= 11 is 0. The summed E-state index contributed by atoms with van der Waals surface area (Å²) in [5.74, 6) is 3.96. The number of likely N-dealkylation sites (tertiary alicyclic amines) is 1. The highest BCUT2D eigenvalue weighted by molar-refractivity contribution is 5.31. The molecule has 0 aromatic rings. The van der Waals surface area contributed by atoms with Crippen molar-refractivity contribution >= 4 is 0 Å². The Balaban J connectivity index is 1.49. The quantitative estimate of drug-likeness (QED) is 0.502. The van der Waals surface area contributed by atoms with Crippen LogP contribution >= 0.6 is 0 Å². The predicted octanol–water partition coefficient (Wildman–Crippen LogP) is 5.83. The van der Waals surface area contributed by atoms with Crippen LogP contribution in [0.15, 0.2) is 23.3 Å². The average molecular weight is 340 g/mol. The largest absolute Gasteiger partial charge is 0.303 e. The zero-order valence-electron chi connectivity index (χ0n) is 16.9. The fourth-order valence-corrected chi connectivity index (χ4v) is 8.58. The van der Waals surface area contributed by atoms with Crippen LogP contribution in [-0.2, 0) is 0 Å². The lowest BCUT2D eigenvalue weighted by molar-refractivity contribution is -0.0364. The maximum atomic E-state index is 2.72. The highest BCUT2D eigenvalue weighted by atomic mass is 15.2. The van der Waals surface area contributed by atoms with E-state index < -0.39 is 0 Å². The first kappa shape index (κ1) is 16.6. The van der Waals surface area contributed by atoms with Crippen molar-refractivity contribution in [2.24, 2.45) is 34.5 Å². The Labute approximate surface area is 154 Å².